The van der Waals surface area contributed by atoms with Gasteiger partial charge in [-0.2, -0.15) is 0 Å². The minimum absolute atomic E-state index is 0.00712. The molecule has 2 aliphatic rings. The summed E-state index contributed by atoms with van der Waals surface area (Å²) < 4.78 is 5.45. The number of nitrogens with one attached hydrogen (secondary N) is 1. The van der Waals surface area contributed by atoms with E-state index in [-0.39, 0.29) is 24.2 Å². The summed E-state index contributed by atoms with van der Waals surface area (Å²) in [6, 6.07) is 3.37. The Hall–Kier alpha value is -2.54. The fourth-order valence-electron chi connectivity index (χ4n) is 4.29. The molecule has 2 aliphatic carbocycles. The number of thiophene rings is 1. The molecule has 30 heavy (non-hydrogen) atoms. The van der Waals surface area contributed by atoms with E-state index in [0.29, 0.717) is 16.1 Å². The highest BCUT2D eigenvalue weighted by Crippen LogP contribution is 2.39. The van der Waals surface area contributed by atoms with E-state index >= 15 is 0 Å². The Bertz CT molecular complexity index is 932. The number of rotatable bonds is 6. The standard InChI is InChI=1S/C23H26N2O4S/c26-18(15-7-2-1-3-8-15)14-29-23(28)20-17-10-4-5-11-19(17)30-22(20)25-21(27)16-9-6-12-24-13-16/h6,9,12-13,15H,1-5,7-8,10-11,14H2,(H,25,27). The van der Waals surface area contributed by atoms with Gasteiger partial charge in [0.25, 0.3) is 5.91 Å². The van der Waals surface area contributed by atoms with Crippen LogP contribution < -0.4 is 5.32 Å². The number of ketones is 1. The number of hydrogen-bond acceptors (Lipinski definition) is 6. The van der Waals surface area contributed by atoms with Crippen LogP contribution >= 0.6 is 11.3 Å². The molecular weight excluding hydrogens is 400 g/mol. The summed E-state index contributed by atoms with van der Waals surface area (Å²) in [5.74, 6) is -0.810. The minimum Gasteiger partial charge on any atom is -0.454 e. The molecule has 0 spiro atoms. The highest BCUT2D eigenvalue weighted by Gasteiger charge is 2.29. The van der Waals surface area contributed by atoms with E-state index in [1.807, 2.05) is 0 Å². The van der Waals surface area contributed by atoms with Crippen molar-refractivity contribution in [2.45, 2.75) is 57.8 Å². The van der Waals surface area contributed by atoms with Crippen LogP contribution in [0.5, 0.6) is 0 Å². The summed E-state index contributed by atoms with van der Waals surface area (Å²) in [5, 5.41) is 3.38. The number of carbonyl (C=O) groups excluding carboxylic acids is 3. The predicted molar refractivity (Wildman–Crippen MR) is 115 cm³/mol. The smallest absolute Gasteiger partial charge is 0.341 e. The number of pyridine rings is 1. The molecule has 1 amide bonds. The van der Waals surface area contributed by atoms with Gasteiger partial charge in [0.1, 0.15) is 5.00 Å². The fraction of sp³-hybridized carbons (Fsp3) is 0.478. The monoisotopic (exact) mass is 426 g/mol. The number of carbonyl (C=O) groups is 3. The molecule has 0 atom stereocenters. The number of aromatic nitrogens is 1. The number of anilines is 1. The maximum Gasteiger partial charge on any atom is 0.341 e. The molecule has 1 fully saturated rings. The maximum absolute atomic E-state index is 13.0. The Balaban J connectivity index is 1.50. The van der Waals surface area contributed by atoms with Crippen molar-refractivity contribution in [2.24, 2.45) is 5.92 Å². The number of amides is 1. The topological polar surface area (TPSA) is 85.4 Å². The molecule has 1 N–H and O–H groups in total. The lowest BCUT2D eigenvalue weighted by Crippen LogP contribution is -2.24. The number of Topliss-reactive ketones (excluding diaryl/α,β-unsaturated/α-hetero) is 1. The van der Waals surface area contributed by atoms with Crippen LogP contribution in [0.25, 0.3) is 0 Å². The average Bonchev–Trinajstić information content (AvgIpc) is 3.16. The van der Waals surface area contributed by atoms with Crippen molar-refractivity contribution in [1.82, 2.24) is 4.98 Å². The molecule has 0 unspecified atom stereocenters. The van der Waals surface area contributed by atoms with Crippen molar-refractivity contribution < 1.29 is 19.1 Å². The Morgan fingerprint density at radius 2 is 1.90 bits per heavy atom. The van der Waals surface area contributed by atoms with E-state index in [9.17, 15) is 14.4 Å². The van der Waals surface area contributed by atoms with Gasteiger partial charge in [-0.25, -0.2) is 4.79 Å². The Kier molecular flexibility index (Phi) is 6.57. The second kappa shape index (κ2) is 9.51. The second-order valence-corrected chi connectivity index (χ2v) is 9.09. The van der Waals surface area contributed by atoms with E-state index in [4.69, 9.17) is 4.74 Å². The van der Waals surface area contributed by atoms with Crippen LogP contribution in [-0.2, 0) is 22.4 Å². The van der Waals surface area contributed by atoms with Gasteiger partial charge < -0.3 is 10.1 Å². The van der Waals surface area contributed by atoms with Crippen LogP contribution in [0.15, 0.2) is 24.5 Å². The zero-order valence-electron chi connectivity index (χ0n) is 16.9. The molecule has 0 aromatic carbocycles. The van der Waals surface area contributed by atoms with Crippen molar-refractivity contribution in [3.8, 4) is 0 Å². The molecule has 2 aromatic heterocycles. The van der Waals surface area contributed by atoms with E-state index in [1.165, 1.54) is 24.0 Å². The third-order valence-corrected chi connectivity index (χ3v) is 7.14. The predicted octanol–water partition coefficient (Wildman–Crippen LogP) is 4.58. The van der Waals surface area contributed by atoms with Gasteiger partial charge >= 0.3 is 5.97 Å². The molecule has 158 valence electrons. The molecule has 0 saturated heterocycles. The van der Waals surface area contributed by atoms with Gasteiger partial charge in [-0.1, -0.05) is 19.3 Å². The Labute approximate surface area is 180 Å². The summed E-state index contributed by atoms with van der Waals surface area (Å²) in [5.41, 5.74) is 1.81. The van der Waals surface area contributed by atoms with Gasteiger partial charge in [-0.05, 0) is 56.2 Å². The first kappa shape index (κ1) is 20.7. The molecule has 0 bridgehead atoms. The Morgan fingerprint density at radius 3 is 2.67 bits per heavy atom. The van der Waals surface area contributed by atoms with Gasteiger partial charge in [0, 0.05) is 23.2 Å². The van der Waals surface area contributed by atoms with Crippen molar-refractivity contribution in [2.75, 3.05) is 11.9 Å². The maximum atomic E-state index is 13.0. The second-order valence-electron chi connectivity index (χ2n) is 7.99. The first-order valence-electron chi connectivity index (χ1n) is 10.7. The van der Waals surface area contributed by atoms with Gasteiger partial charge in [0.15, 0.2) is 12.4 Å². The van der Waals surface area contributed by atoms with Gasteiger partial charge in [-0.3, -0.25) is 14.6 Å². The molecule has 6 nitrogen and oxygen atoms in total. The van der Waals surface area contributed by atoms with Crippen molar-refractivity contribution in [1.29, 1.82) is 0 Å². The summed E-state index contributed by atoms with van der Waals surface area (Å²) in [7, 11) is 0. The summed E-state index contributed by atoms with van der Waals surface area (Å²) >= 11 is 1.44. The van der Waals surface area contributed by atoms with Crippen molar-refractivity contribution in [3.05, 3.63) is 46.1 Å². The zero-order valence-corrected chi connectivity index (χ0v) is 17.8. The average molecular weight is 427 g/mol. The third kappa shape index (κ3) is 4.61. The van der Waals surface area contributed by atoms with E-state index in [0.717, 1.165) is 61.8 Å². The fourth-order valence-corrected chi connectivity index (χ4v) is 5.57. The van der Waals surface area contributed by atoms with Crippen LogP contribution in [-0.4, -0.2) is 29.3 Å². The molecule has 7 heteroatoms. The number of esters is 1. The Morgan fingerprint density at radius 1 is 1.10 bits per heavy atom. The molecular formula is C23H26N2O4S. The van der Waals surface area contributed by atoms with E-state index in [2.05, 4.69) is 10.3 Å². The van der Waals surface area contributed by atoms with Crippen LogP contribution in [0.3, 0.4) is 0 Å². The number of nitrogens with zero attached hydrogens (tertiary/aromatic N) is 1. The van der Waals surface area contributed by atoms with Gasteiger partial charge in [-0.15, -0.1) is 11.3 Å². The molecule has 0 aliphatic heterocycles. The summed E-state index contributed by atoms with van der Waals surface area (Å²) in [6.07, 6.45) is 11.9. The van der Waals surface area contributed by atoms with Crippen molar-refractivity contribution in [3.63, 3.8) is 0 Å². The summed E-state index contributed by atoms with van der Waals surface area (Å²) in [4.78, 5) is 43.1. The first-order valence-corrected chi connectivity index (χ1v) is 11.5. The van der Waals surface area contributed by atoms with E-state index in [1.54, 1.807) is 18.3 Å². The zero-order chi connectivity index (χ0) is 20.9. The van der Waals surface area contributed by atoms with Gasteiger partial charge in [0.2, 0.25) is 0 Å². The normalized spacial score (nSPS) is 16.5. The SMILES string of the molecule is O=C(Nc1sc2c(c1C(=O)OCC(=O)C1CCCCC1)CCCC2)c1cccnc1. The van der Waals surface area contributed by atoms with Crippen LogP contribution in [0.4, 0.5) is 5.00 Å². The van der Waals surface area contributed by atoms with Crippen molar-refractivity contribution >= 4 is 34.0 Å². The number of hydrogen-bond donors (Lipinski definition) is 1. The molecule has 4 rings (SSSR count). The van der Waals surface area contributed by atoms with E-state index < -0.39 is 5.97 Å². The molecule has 2 aromatic rings. The first-order chi connectivity index (χ1) is 14.6. The third-order valence-electron chi connectivity index (χ3n) is 5.93. The van der Waals surface area contributed by atoms with Crippen LogP contribution in [0.1, 0.15) is 76.1 Å². The largest absolute Gasteiger partial charge is 0.454 e. The quantitative estimate of drug-likeness (QED) is 0.684. The lowest BCUT2D eigenvalue weighted by atomic mass is 9.86. The highest BCUT2D eigenvalue weighted by molar-refractivity contribution is 7.17. The van der Waals surface area contributed by atoms with Gasteiger partial charge in [0.05, 0.1) is 11.1 Å². The molecule has 2 heterocycles. The lowest BCUT2D eigenvalue weighted by Gasteiger charge is -2.20. The van der Waals surface area contributed by atoms with Crippen LogP contribution in [0.2, 0.25) is 0 Å². The number of aryl methyl sites for hydroxylation is 1. The highest BCUT2D eigenvalue weighted by atomic mass is 32.1. The molecule has 0 radical (unpaired) electrons. The molecule has 1 saturated carbocycles. The summed E-state index contributed by atoms with van der Waals surface area (Å²) in [6.45, 7) is -0.190. The minimum atomic E-state index is -0.514. The number of fused-ring (bicyclic) bond motifs is 1. The number of ether oxygens (including phenoxy) is 1. The lowest BCUT2D eigenvalue weighted by molar-refractivity contribution is -0.126. The van der Waals surface area contributed by atoms with Crippen LogP contribution in [0, 0.1) is 5.92 Å².